The number of carbonyl (C=O) groups excluding carboxylic acids is 1. The summed E-state index contributed by atoms with van der Waals surface area (Å²) in [6, 6.07) is 13.3. The first-order valence-corrected chi connectivity index (χ1v) is 8.13. The molecule has 0 saturated heterocycles. The van der Waals surface area contributed by atoms with Crippen molar-refractivity contribution in [2.45, 2.75) is 13.5 Å². The standard InChI is InChI=1S/C19H19N5O2/c1-14-15(8-9-26-14)12-23(2)13-18(25)22-19-16(10-20)11-21-24(19)17-6-4-3-5-7-17/h3-9,11H,12-13H2,1-2H3,(H,22,25). The Kier molecular flexibility index (Phi) is 5.15. The molecule has 3 rings (SSSR count). The maximum absolute atomic E-state index is 12.5. The Morgan fingerprint density at radius 1 is 1.35 bits per heavy atom. The molecule has 0 aliphatic carbocycles. The fraction of sp³-hybridized carbons (Fsp3) is 0.211. The maximum Gasteiger partial charge on any atom is 0.239 e. The molecular weight excluding hydrogens is 330 g/mol. The lowest BCUT2D eigenvalue weighted by atomic mass is 10.2. The maximum atomic E-state index is 12.5. The van der Waals surface area contributed by atoms with Crippen molar-refractivity contribution in [2.75, 3.05) is 18.9 Å². The van der Waals surface area contributed by atoms with Crippen LogP contribution in [0.2, 0.25) is 0 Å². The Morgan fingerprint density at radius 3 is 2.77 bits per heavy atom. The molecule has 0 fully saturated rings. The molecule has 7 nitrogen and oxygen atoms in total. The summed E-state index contributed by atoms with van der Waals surface area (Å²) in [5, 5.41) is 16.3. The first-order chi connectivity index (χ1) is 12.6. The van der Waals surface area contributed by atoms with Gasteiger partial charge in [0.25, 0.3) is 0 Å². The van der Waals surface area contributed by atoms with E-state index in [4.69, 9.17) is 4.42 Å². The molecule has 0 saturated carbocycles. The van der Waals surface area contributed by atoms with Crippen LogP contribution >= 0.6 is 0 Å². The Bertz CT molecular complexity index is 936. The molecule has 132 valence electrons. The molecule has 0 unspecified atom stereocenters. The monoisotopic (exact) mass is 349 g/mol. The number of aryl methyl sites for hydroxylation is 1. The van der Waals surface area contributed by atoms with Crippen LogP contribution in [0.5, 0.6) is 0 Å². The van der Waals surface area contributed by atoms with Gasteiger partial charge in [0, 0.05) is 12.1 Å². The fourth-order valence-electron chi connectivity index (χ4n) is 2.65. The van der Waals surface area contributed by atoms with Crippen molar-refractivity contribution >= 4 is 11.7 Å². The van der Waals surface area contributed by atoms with Gasteiger partial charge < -0.3 is 9.73 Å². The molecule has 0 atom stereocenters. The van der Waals surface area contributed by atoms with Crippen molar-refractivity contribution in [1.82, 2.24) is 14.7 Å². The summed E-state index contributed by atoms with van der Waals surface area (Å²) >= 11 is 0. The minimum atomic E-state index is -0.220. The van der Waals surface area contributed by atoms with Gasteiger partial charge in [-0.3, -0.25) is 9.69 Å². The highest BCUT2D eigenvalue weighted by Crippen LogP contribution is 2.19. The molecule has 0 aliphatic heterocycles. The van der Waals surface area contributed by atoms with Crippen LogP contribution in [0, 0.1) is 18.3 Å². The summed E-state index contributed by atoms with van der Waals surface area (Å²) < 4.78 is 6.83. The molecule has 2 aromatic heterocycles. The average molecular weight is 349 g/mol. The van der Waals surface area contributed by atoms with Crippen LogP contribution in [-0.2, 0) is 11.3 Å². The van der Waals surface area contributed by atoms with E-state index in [2.05, 4.69) is 16.5 Å². The van der Waals surface area contributed by atoms with E-state index < -0.39 is 0 Å². The van der Waals surface area contributed by atoms with E-state index in [1.54, 1.807) is 10.9 Å². The number of nitrogens with zero attached hydrogens (tertiary/aromatic N) is 4. The number of rotatable bonds is 6. The van der Waals surface area contributed by atoms with E-state index in [-0.39, 0.29) is 12.5 Å². The van der Waals surface area contributed by atoms with Crippen molar-refractivity contribution in [3.63, 3.8) is 0 Å². The third-order valence-electron chi connectivity index (χ3n) is 3.97. The normalized spacial score (nSPS) is 10.7. The number of hydrogen-bond acceptors (Lipinski definition) is 5. The number of anilines is 1. The number of likely N-dealkylation sites (N-methyl/N-ethyl adjacent to an activating group) is 1. The van der Waals surface area contributed by atoms with Crippen molar-refractivity contribution in [1.29, 1.82) is 5.26 Å². The van der Waals surface area contributed by atoms with Gasteiger partial charge in [-0.05, 0) is 32.2 Å². The lowest BCUT2D eigenvalue weighted by molar-refractivity contribution is -0.117. The largest absolute Gasteiger partial charge is 0.469 e. The van der Waals surface area contributed by atoms with E-state index in [0.29, 0.717) is 17.9 Å². The van der Waals surface area contributed by atoms with Gasteiger partial charge >= 0.3 is 0 Å². The van der Waals surface area contributed by atoms with Gasteiger partial charge in [-0.2, -0.15) is 10.4 Å². The van der Waals surface area contributed by atoms with Gasteiger partial charge in [-0.15, -0.1) is 0 Å². The van der Waals surface area contributed by atoms with Gasteiger partial charge in [0.15, 0.2) is 5.82 Å². The highest BCUT2D eigenvalue weighted by Gasteiger charge is 2.16. The summed E-state index contributed by atoms with van der Waals surface area (Å²) in [5.74, 6) is 0.991. The van der Waals surface area contributed by atoms with Gasteiger partial charge in [0.05, 0.1) is 24.7 Å². The molecule has 0 bridgehead atoms. The summed E-state index contributed by atoms with van der Waals surface area (Å²) in [7, 11) is 1.85. The van der Waals surface area contributed by atoms with E-state index in [1.165, 1.54) is 6.20 Å². The number of carbonyl (C=O) groups is 1. The minimum Gasteiger partial charge on any atom is -0.469 e. The number of para-hydroxylation sites is 1. The highest BCUT2D eigenvalue weighted by molar-refractivity contribution is 5.92. The molecule has 26 heavy (non-hydrogen) atoms. The number of amides is 1. The van der Waals surface area contributed by atoms with E-state index >= 15 is 0 Å². The van der Waals surface area contributed by atoms with E-state index in [9.17, 15) is 10.1 Å². The summed E-state index contributed by atoms with van der Waals surface area (Å²) in [6.07, 6.45) is 3.08. The van der Waals surface area contributed by atoms with Gasteiger partial charge in [-0.25, -0.2) is 4.68 Å². The number of nitriles is 1. The minimum absolute atomic E-state index is 0.176. The Labute approximate surface area is 151 Å². The second-order valence-electron chi connectivity index (χ2n) is 5.99. The smallest absolute Gasteiger partial charge is 0.239 e. The molecule has 7 heteroatoms. The number of nitrogens with one attached hydrogen (secondary N) is 1. The molecule has 1 aromatic carbocycles. The van der Waals surface area contributed by atoms with Crippen LogP contribution < -0.4 is 5.32 Å². The average Bonchev–Trinajstić information content (AvgIpc) is 3.21. The van der Waals surface area contributed by atoms with Crippen LogP contribution in [0.3, 0.4) is 0 Å². The molecule has 0 spiro atoms. The fourth-order valence-corrected chi connectivity index (χ4v) is 2.65. The SMILES string of the molecule is Cc1occc1CN(C)CC(=O)Nc1c(C#N)cnn1-c1ccccc1. The van der Waals surface area contributed by atoms with E-state index in [1.807, 2.05) is 55.3 Å². The molecule has 3 aromatic rings. The predicted molar refractivity (Wildman–Crippen MR) is 96.7 cm³/mol. The van der Waals surface area contributed by atoms with Crippen LogP contribution in [-0.4, -0.2) is 34.2 Å². The lowest BCUT2D eigenvalue weighted by Gasteiger charge is -2.16. The molecule has 0 aliphatic rings. The van der Waals surface area contributed by atoms with E-state index in [0.717, 1.165) is 17.0 Å². The second kappa shape index (κ2) is 7.68. The third kappa shape index (κ3) is 3.82. The third-order valence-corrected chi connectivity index (χ3v) is 3.97. The van der Waals surface area contributed by atoms with Gasteiger partial charge in [0.1, 0.15) is 17.4 Å². The van der Waals surface area contributed by atoms with Crippen LogP contribution in [0.15, 0.2) is 53.3 Å². The number of hydrogen-bond donors (Lipinski definition) is 1. The van der Waals surface area contributed by atoms with Crippen molar-refractivity contribution in [3.8, 4) is 11.8 Å². The predicted octanol–water partition coefficient (Wildman–Crippen LogP) is 2.72. The number of benzene rings is 1. The Hall–Kier alpha value is -3.37. The van der Waals surface area contributed by atoms with Crippen molar-refractivity contribution in [2.24, 2.45) is 0 Å². The highest BCUT2D eigenvalue weighted by atomic mass is 16.3. The first kappa shape index (κ1) is 17.5. The number of furan rings is 1. The zero-order valence-electron chi connectivity index (χ0n) is 14.6. The summed E-state index contributed by atoms with van der Waals surface area (Å²) in [4.78, 5) is 14.3. The lowest BCUT2D eigenvalue weighted by Crippen LogP contribution is -2.30. The van der Waals surface area contributed by atoms with Crippen LogP contribution in [0.1, 0.15) is 16.9 Å². The molecule has 2 heterocycles. The van der Waals surface area contributed by atoms with Gasteiger partial charge in [-0.1, -0.05) is 18.2 Å². The zero-order chi connectivity index (χ0) is 18.5. The molecular formula is C19H19N5O2. The van der Waals surface area contributed by atoms with Crippen LogP contribution in [0.4, 0.5) is 5.82 Å². The van der Waals surface area contributed by atoms with Gasteiger partial charge in [0.2, 0.25) is 5.91 Å². The molecule has 1 N–H and O–H groups in total. The first-order valence-electron chi connectivity index (χ1n) is 8.13. The van der Waals surface area contributed by atoms with Crippen molar-refractivity contribution in [3.05, 3.63) is 65.7 Å². The topological polar surface area (TPSA) is 87.1 Å². The summed E-state index contributed by atoms with van der Waals surface area (Å²) in [5.41, 5.74) is 2.12. The second-order valence-corrected chi connectivity index (χ2v) is 5.99. The Morgan fingerprint density at radius 2 is 2.12 bits per heavy atom. The van der Waals surface area contributed by atoms with Crippen LogP contribution in [0.25, 0.3) is 5.69 Å². The van der Waals surface area contributed by atoms with Crippen molar-refractivity contribution < 1.29 is 9.21 Å². The Balaban J connectivity index is 1.72. The quantitative estimate of drug-likeness (QED) is 0.739. The number of aromatic nitrogens is 2. The molecule has 0 radical (unpaired) electrons. The summed E-state index contributed by atoms with van der Waals surface area (Å²) in [6.45, 7) is 2.66. The molecule has 1 amide bonds. The zero-order valence-corrected chi connectivity index (χ0v) is 14.6.